The van der Waals surface area contributed by atoms with Crippen LogP contribution in [0.3, 0.4) is 0 Å². The van der Waals surface area contributed by atoms with Gasteiger partial charge in [0.25, 0.3) is 27.7 Å². The summed E-state index contributed by atoms with van der Waals surface area (Å²) < 4.78 is 71.7. The number of urea groups is 1. The highest BCUT2D eigenvalue weighted by molar-refractivity contribution is 7.90. The van der Waals surface area contributed by atoms with Gasteiger partial charge in [-0.25, -0.2) is 28.6 Å². The number of hydrogen-bond acceptors (Lipinski definition) is 17. The number of sulfonamides is 1. The minimum Gasteiger partial charge on any atom is -0.481 e. The number of anilines is 2. The van der Waals surface area contributed by atoms with Crippen LogP contribution in [-0.2, 0) is 38.5 Å². The van der Waals surface area contributed by atoms with Gasteiger partial charge in [0, 0.05) is 37.5 Å². The maximum atomic E-state index is 14.5. The normalized spacial score (nSPS) is 13.2. The van der Waals surface area contributed by atoms with Crippen LogP contribution in [-0.4, -0.2) is 133 Å². The van der Waals surface area contributed by atoms with E-state index >= 15 is 0 Å². The van der Waals surface area contributed by atoms with E-state index in [0.29, 0.717) is 30.6 Å². The van der Waals surface area contributed by atoms with Crippen LogP contribution in [0.4, 0.5) is 20.8 Å². The topological polar surface area (TPSA) is 332 Å². The van der Waals surface area contributed by atoms with Crippen molar-refractivity contribution in [1.82, 2.24) is 29.9 Å². The van der Waals surface area contributed by atoms with Gasteiger partial charge in [-0.1, -0.05) is 31.4 Å². The molecule has 3 aromatic rings. The van der Waals surface area contributed by atoms with Crippen LogP contribution in [0.1, 0.15) is 62.2 Å². The molecule has 2 aromatic heterocycles. The van der Waals surface area contributed by atoms with Crippen molar-refractivity contribution in [2.75, 3.05) is 64.6 Å². The molecule has 1 aliphatic heterocycles. The molecule has 366 valence electrons. The van der Waals surface area contributed by atoms with E-state index in [2.05, 4.69) is 25.6 Å². The summed E-state index contributed by atoms with van der Waals surface area (Å²) >= 11 is 6.02. The van der Waals surface area contributed by atoms with Crippen molar-refractivity contribution in [1.29, 1.82) is 0 Å². The highest BCUT2D eigenvalue weighted by Gasteiger charge is 2.41. The third kappa shape index (κ3) is 16.8. The second kappa shape index (κ2) is 25.6. The number of ether oxygens (including phenoxy) is 4. The lowest BCUT2D eigenvalue weighted by Crippen LogP contribution is -2.36. The van der Waals surface area contributed by atoms with Gasteiger partial charge in [0.1, 0.15) is 11.6 Å². The number of pyridine rings is 1. The second-order valence-electron chi connectivity index (χ2n) is 14.1. The van der Waals surface area contributed by atoms with Crippen molar-refractivity contribution in [2.24, 2.45) is 0 Å². The molecule has 3 heterocycles. The van der Waals surface area contributed by atoms with E-state index in [9.17, 15) is 46.1 Å². The van der Waals surface area contributed by atoms with Crippen molar-refractivity contribution >= 4 is 76.5 Å². The molecule has 67 heavy (non-hydrogen) atoms. The van der Waals surface area contributed by atoms with Crippen molar-refractivity contribution in [3.8, 4) is 17.5 Å². The number of nitrogens with one attached hydrogen (secondary N) is 3. The molecule has 0 saturated heterocycles. The molecule has 24 nitrogen and oxygen atoms in total. The zero-order chi connectivity index (χ0) is 50.1. The Kier molecular flexibility index (Phi) is 21.0. The summed E-state index contributed by atoms with van der Waals surface area (Å²) in [4.78, 5) is 101. The lowest BCUT2D eigenvalue weighted by atomic mass is 9.93. The summed E-state index contributed by atoms with van der Waals surface area (Å²) in [7, 11) is -2.94. The van der Waals surface area contributed by atoms with Gasteiger partial charge in [0.2, 0.25) is 17.7 Å². The number of nitrogens with zero attached hydrogens (tertiary/aromatic N) is 5. The van der Waals surface area contributed by atoms with Crippen LogP contribution >= 0.6 is 19.2 Å². The molecular formula is C39H49ClFN8O16PS. The first-order valence-electron chi connectivity index (χ1n) is 19.9. The Balaban J connectivity index is 0.000000296. The smallest absolute Gasteiger partial charge is 0.344 e. The van der Waals surface area contributed by atoms with E-state index in [1.165, 1.54) is 63.7 Å². The van der Waals surface area contributed by atoms with Gasteiger partial charge in [0.05, 0.1) is 56.0 Å². The number of methoxy groups -OCH3 is 2. The molecule has 2 aliphatic rings. The zero-order valence-corrected chi connectivity index (χ0v) is 39.2. The molecule has 0 atom stereocenters. The molecule has 0 bridgehead atoms. The number of carboxylic acid groups (broad SMARTS) is 1. The fraction of sp³-hybridized carbons (Fsp3) is 0.410. The SMILES string of the molecule is CCCCCOC(=O)COc1cc(N2C(=O)C3=C(CCCC3)C2=O)c(F)cc1Cl.COc1cc(OC)nc(NC(=O)NS(=O)(=O)c2ncccc2C(=O)N(C)C)n1.O=C(O)CNCP(=O)(O)O. The van der Waals surface area contributed by atoms with Gasteiger partial charge in [-0.2, -0.15) is 18.4 Å². The number of imide groups is 1. The summed E-state index contributed by atoms with van der Waals surface area (Å²) in [6.45, 7) is 1.49. The van der Waals surface area contributed by atoms with Gasteiger partial charge < -0.3 is 38.7 Å². The lowest BCUT2D eigenvalue weighted by molar-refractivity contribution is -0.146. The molecule has 1 aliphatic carbocycles. The van der Waals surface area contributed by atoms with Gasteiger partial charge >= 0.3 is 25.6 Å². The number of hydrogen-bond donors (Lipinski definition) is 6. The number of aliphatic carboxylic acids is 1. The third-order valence-corrected chi connectivity index (χ3v) is 11.0. The quantitative estimate of drug-likeness (QED) is 0.0461. The third-order valence-electron chi connectivity index (χ3n) is 8.80. The lowest BCUT2D eigenvalue weighted by Gasteiger charge is -2.18. The molecule has 0 radical (unpaired) electrons. The Labute approximate surface area is 388 Å². The van der Waals surface area contributed by atoms with Gasteiger partial charge in [-0.05, 0) is 50.3 Å². The fourth-order valence-electron chi connectivity index (χ4n) is 5.76. The molecule has 0 unspecified atom stereocenters. The summed E-state index contributed by atoms with van der Waals surface area (Å²) in [5.74, 6) is -4.21. The molecule has 1 aromatic carbocycles. The maximum absolute atomic E-state index is 14.5. The fourth-order valence-corrected chi connectivity index (χ4v) is 7.40. The highest BCUT2D eigenvalue weighted by atomic mass is 35.5. The first kappa shape index (κ1) is 55.0. The Bertz CT molecular complexity index is 2460. The van der Waals surface area contributed by atoms with Crippen molar-refractivity contribution < 1.29 is 80.0 Å². The number of carbonyl (C=O) groups is 6. The number of halogens is 2. The van der Waals surface area contributed by atoms with E-state index in [1.807, 2.05) is 6.92 Å². The Hall–Kier alpha value is -6.31. The Morgan fingerprint density at radius 3 is 2.13 bits per heavy atom. The minimum absolute atomic E-state index is 0.000883. The molecule has 0 fully saturated rings. The van der Waals surface area contributed by atoms with E-state index in [1.54, 1.807) is 4.72 Å². The minimum atomic E-state index is -4.46. The molecule has 5 rings (SSSR count). The number of amides is 5. The van der Waals surface area contributed by atoms with E-state index in [-0.39, 0.29) is 39.7 Å². The number of unbranched alkanes of at least 4 members (excludes halogenated alkanes) is 2. The van der Waals surface area contributed by atoms with Crippen LogP contribution < -0.4 is 34.5 Å². The van der Waals surface area contributed by atoms with Gasteiger partial charge in [0.15, 0.2) is 11.6 Å². The molecule has 0 saturated carbocycles. The molecule has 28 heteroatoms. The predicted molar refractivity (Wildman–Crippen MR) is 235 cm³/mol. The highest BCUT2D eigenvalue weighted by Crippen LogP contribution is 2.39. The van der Waals surface area contributed by atoms with Crippen LogP contribution in [0.2, 0.25) is 5.02 Å². The van der Waals surface area contributed by atoms with E-state index < -0.39 is 83.6 Å². The number of aromatic nitrogens is 3. The number of rotatable bonds is 18. The number of carbonyl (C=O) groups excluding carboxylic acids is 5. The van der Waals surface area contributed by atoms with Crippen LogP contribution in [0, 0.1) is 5.82 Å². The number of carboxylic acids is 1. The summed E-state index contributed by atoms with van der Waals surface area (Å²) in [5.41, 5.74) is 0.486. The second-order valence-corrected chi connectivity index (χ2v) is 17.7. The monoisotopic (exact) mass is 1000 g/mol. The summed E-state index contributed by atoms with van der Waals surface area (Å²) in [6.07, 6.45) is 5.99. The van der Waals surface area contributed by atoms with Crippen molar-refractivity contribution in [3.05, 3.63) is 64.1 Å². The molecule has 5 amide bonds. The van der Waals surface area contributed by atoms with E-state index in [0.717, 1.165) is 43.1 Å². The Morgan fingerprint density at radius 2 is 1.60 bits per heavy atom. The van der Waals surface area contributed by atoms with Crippen LogP contribution in [0.5, 0.6) is 17.5 Å². The first-order valence-corrected chi connectivity index (χ1v) is 23.5. The zero-order valence-electron chi connectivity index (χ0n) is 36.7. The average Bonchev–Trinajstić information content (AvgIpc) is 3.52. The maximum Gasteiger partial charge on any atom is 0.344 e. The summed E-state index contributed by atoms with van der Waals surface area (Å²) in [6, 6.07) is 5.05. The largest absolute Gasteiger partial charge is 0.481 e. The van der Waals surface area contributed by atoms with Gasteiger partial charge in [-0.15, -0.1) is 0 Å². The van der Waals surface area contributed by atoms with E-state index in [4.69, 9.17) is 45.4 Å². The Morgan fingerprint density at radius 1 is 0.985 bits per heavy atom. The predicted octanol–water partition coefficient (Wildman–Crippen LogP) is 3.23. The summed E-state index contributed by atoms with van der Waals surface area (Å²) in [5, 5.41) is 11.6. The van der Waals surface area contributed by atoms with Crippen LogP contribution in [0.25, 0.3) is 0 Å². The van der Waals surface area contributed by atoms with Crippen molar-refractivity contribution in [2.45, 2.75) is 56.9 Å². The average molecular weight is 1000 g/mol. The molecular weight excluding hydrogens is 954 g/mol. The van der Waals surface area contributed by atoms with Crippen LogP contribution in [0.15, 0.2) is 52.7 Å². The van der Waals surface area contributed by atoms with Gasteiger partial charge in [-0.3, -0.25) is 34.4 Å². The first-order chi connectivity index (χ1) is 31.5. The molecule has 0 spiro atoms. The van der Waals surface area contributed by atoms with Crippen molar-refractivity contribution in [3.63, 3.8) is 0 Å². The number of esters is 1. The number of benzene rings is 1. The standard InChI is InChI=1S/C21H23ClFNO5.C15H18N6O6S.C3H8NO5P/c1-2-3-6-9-28-19(25)12-29-18-11-17(16(23)10-15(18)22)24-20(26)13-7-4-5-8-14(13)21(24)27;1-21(2)13(22)9-6-5-7-16-12(9)28(24,25)20-15(23)19-14-17-10(26-3)8-11(18-14)27-4;5-3(6)1-4-2-10(7,8)9/h10-11H,2-9,12H2,1H3;5-8H,1-4H3,(H2,17,18,19,20,23);4H,1-2H2,(H,5,6)(H2,7,8,9). The molecule has 6 N–H and O–H groups in total.